The van der Waals surface area contributed by atoms with Crippen molar-refractivity contribution in [1.29, 1.82) is 0 Å². The van der Waals surface area contributed by atoms with Gasteiger partial charge in [-0.25, -0.2) is 0 Å². The Labute approximate surface area is 118 Å². The van der Waals surface area contributed by atoms with E-state index in [2.05, 4.69) is 10.3 Å². The molecule has 20 heavy (non-hydrogen) atoms. The van der Waals surface area contributed by atoms with Crippen LogP contribution < -0.4 is 10.1 Å². The third-order valence-electron chi connectivity index (χ3n) is 3.93. The number of methoxy groups -OCH3 is 1. The van der Waals surface area contributed by atoms with Gasteiger partial charge in [-0.1, -0.05) is 12.1 Å². The number of H-pyrrole nitrogens is 1. The Bertz CT molecular complexity index is 583. The number of hydrogen-bond acceptors (Lipinski definition) is 2. The second kappa shape index (κ2) is 5.04. The molecule has 3 rings (SSSR count). The van der Waals surface area contributed by atoms with Crippen molar-refractivity contribution < 1.29 is 9.53 Å². The summed E-state index contributed by atoms with van der Waals surface area (Å²) in [5.74, 6) is 0.925. The minimum atomic E-state index is -0.334. The lowest BCUT2D eigenvalue weighted by Gasteiger charge is -2.16. The van der Waals surface area contributed by atoms with Gasteiger partial charge in [0, 0.05) is 11.9 Å². The van der Waals surface area contributed by atoms with Gasteiger partial charge in [-0.3, -0.25) is 4.79 Å². The number of carbonyl (C=O) groups is 1. The lowest BCUT2D eigenvalue weighted by atomic mass is 9.95. The van der Waals surface area contributed by atoms with E-state index in [1.54, 1.807) is 7.11 Å². The normalized spacial score (nSPS) is 15.7. The van der Waals surface area contributed by atoms with Gasteiger partial charge in [-0.2, -0.15) is 0 Å². The molecular weight excluding hydrogens is 252 g/mol. The highest BCUT2D eigenvalue weighted by atomic mass is 16.5. The molecule has 0 aliphatic heterocycles. The van der Waals surface area contributed by atoms with Crippen LogP contribution in [0.1, 0.15) is 24.1 Å². The van der Waals surface area contributed by atoms with Gasteiger partial charge in [0.1, 0.15) is 5.75 Å². The first-order valence-electron chi connectivity index (χ1n) is 6.80. The second-order valence-corrected chi connectivity index (χ2v) is 5.19. The first-order chi connectivity index (χ1) is 9.74. The number of aromatic amines is 1. The summed E-state index contributed by atoms with van der Waals surface area (Å²) in [6.45, 7) is 0.545. The summed E-state index contributed by atoms with van der Waals surface area (Å²) < 4.78 is 5.15. The van der Waals surface area contributed by atoms with Gasteiger partial charge >= 0.3 is 0 Å². The molecule has 1 heterocycles. The zero-order valence-electron chi connectivity index (χ0n) is 11.5. The summed E-state index contributed by atoms with van der Waals surface area (Å²) in [4.78, 5) is 15.5. The standard InChI is InChI=1S/C16H18N2O2/c1-20-14-6-4-12(5-7-14)16(8-9-16)15(19)18-11-13-3-2-10-17-13/h2-7,10,17H,8-9,11H2,1H3,(H,18,19). The smallest absolute Gasteiger partial charge is 0.230 e. The lowest BCUT2D eigenvalue weighted by Crippen LogP contribution is -2.34. The van der Waals surface area contributed by atoms with E-state index in [1.807, 2.05) is 42.6 Å². The third-order valence-corrected chi connectivity index (χ3v) is 3.93. The maximum absolute atomic E-state index is 12.4. The Morgan fingerprint density at radius 1 is 1.30 bits per heavy atom. The quantitative estimate of drug-likeness (QED) is 0.876. The average molecular weight is 270 g/mol. The summed E-state index contributed by atoms with van der Waals surface area (Å²) in [7, 11) is 1.64. The van der Waals surface area contributed by atoms with Gasteiger partial charge in [0.25, 0.3) is 0 Å². The Kier molecular flexibility index (Phi) is 3.22. The fraction of sp³-hybridized carbons (Fsp3) is 0.312. The number of amides is 1. The fourth-order valence-electron chi connectivity index (χ4n) is 2.50. The van der Waals surface area contributed by atoms with Crippen molar-refractivity contribution in [3.63, 3.8) is 0 Å². The van der Waals surface area contributed by atoms with Gasteiger partial charge < -0.3 is 15.0 Å². The van der Waals surface area contributed by atoms with Crippen LogP contribution in [0, 0.1) is 0 Å². The van der Waals surface area contributed by atoms with E-state index in [4.69, 9.17) is 4.74 Å². The first-order valence-corrected chi connectivity index (χ1v) is 6.80. The van der Waals surface area contributed by atoms with Crippen LogP contribution in [0.15, 0.2) is 42.6 Å². The lowest BCUT2D eigenvalue weighted by molar-refractivity contribution is -0.123. The molecule has 1 aromatic heterocycles. The van der Waals surface area contributed by atoms with Crippen molar-refractivity contribution in [3.8, 4) is 5.75 Å². The summed E-state index contributed by atoms with van der Waals surface area (Å²) in [6, 6.07) is 11.7. The minimum Gasteiger partial charge on any atom is -0.497 e. The number of benzene rings is 1. The molecule has 1 aliphatic rings. The highest BCUT2D eigenvalue weighted by molar-refractivity contribution is 5.91. The molecule has 0 radical (unpaired) electrons. The maximum atomic E-state index is 12.4. The molecule has 0 spiro atoms. The summed E-state index contributed by atoms with van der Waals surface area (Å²) in [6.07, 6.45) is 3.68. The van der Waals surface area contributed by atoms with Crippen molar-refractivity contribution in [1.82, 2.24) is 10.3 Å². The van der Waals surface area contributed by atoms with Gasteiger partial charge in [0.05, 0.1) is 19.1 Å². The second-order valence-electron chi connectivity index (χ2n) is 5.19. The minimum absolute atomic E-state index is 0.109. The number of nitrogens with one attached hydrogen (secondary N) is 2. The molecule has 1 aliphatic carbocycles. The molecule has 1 aromatic carbocycles. The molecule has 2 N–H and O–H groups in total. The fourth-order valence-corrected chi connectivity index (χ4v) is 2.50. The van der Waals surface area contributed by atoms with Gasteiger partial charge in [-0.05, 0) is 42.7 Å². The number of hydrogen-bond donors (Lipinski definition) is 2. The molecule has 4 heteroatoms. The van der Waals surface area contributed by atoms with Crippen molar-refractivity contribution in [3.05, 3.63) is 53.9 Å². The number of aromatic nitrogens is 1. The highest BCUT2D eigenvalue weighted by Gasteiger charge is 2.51. The van der Waals surface area contributed by atoms with Crippen LogP contribution in [-0.4, -0.2) is 18.0 Å². The van der Waals surface area contributed by atoms with Gasteiger partial charge in [0.15, 0.2) is 0 Å². The SMILES string of the molecule is COc1ccc(C2(C(=O)NCc3ccc[nH]3)CC2)cc1. The van der Waals surface area contributed by atoms with Crippen LogP contribution in [0.25, 0.3) is 0 Å². The van der Waals surface area contributed by atoms with Crippen LogP contribution >= 0.6 is 0 Å². The first kappa shape index (κ1) is 12.8. The number of rotatable bonds is 5. The zero-order valence-corrected chi connectivity index (χ0v) is 11.5. The predicted molar refractivity (Wildman–Crippen MR) is 76.5 cm³/mol. The molecule has 0 unspecified atom stereocenters. The van der Waals surface area contributed by atoms with E-state index in [9.17, 15) is 4.79 Å². The number of carbonyl (C=O) groups excluding carboxylic acids is 1. The van der Waals surface area contributed by atoms with E-state index in [0.29, 0.717) is 6.54 Å². The summed E-state index contributed by atoms with van der Waals surface area (Å²) >= 11 is 0. The van der Waals surface area contributed by atoms with Crippen molar-refractivity contribution in [2.45, 2.75) is 24.8 Å². The Morgan fingerprint density at radius 3 is 2.60 bits per heavy atom. The molecule has 4 nitrogen and oxygen atoms in total. The molecule has 2 aromatic rings. The monoisotopic (exact) mass is 270 g/mol. The number of ether oxygens (including phenoxy) is 1. The largest absolute Gasteiger partial charge is 0.497 e. The van der Waals surface area contributed by atoms with E-state index in [0.717, 1.165) is 29.8 Å². The predicted octanol–water partition coefficient (Wildman–Crippen LogP) is 2.37. The van der Waals surface area contributed by atoms with Crippen LogP contribution in [0.3, 0.4) is 0 Å². The molecule has 0 saturated heterocycles. The highest BCUT2D eigenvalue weighted by Crippen LogP contribution is 2.48. The van der Waals surface area contributed by atoms with Crippen LogP contribution in [0.2, 0.25) is 0 Å². The zero-order chi connectivity index (χ0) is 14.0. The van der Waals surface area contributed by atoms with Crippen molar-refractivity contribution in [2.24, 2.45) is 0 Å². The Morgan fingerprint density at radius 2 is 2.05 bits per heavy atom. The molecule has 1 amide bonds. The van der Waals surface area contributed by atoms with Gasteiger partial charge in [-0.15, -0.1) is 0 Å². The van der Waals surface area contributed by atoms with E-state index >= 15 is 0 Å². The van der Waals surface area contributed by atoms with Gasteiger partial charge in [0.2, 0.25) is 5.91 Å². The molecule has 0 bridgehead atoms. The average Bonchev–Trinajstić information content (AvgIpc) is 3.14. The molecule has 1 saturated carbocycles. The molecular formula is C16H18N2O2. The van der Waals surface area contributed by atoms with Crippen LogP contribution in [0.4, 0.5) is 0 Å². The summed E-state index contributed by atoms with van der Waals surface area (Å²) in [5.41, 5.74) is 1.75. The Hall–Kier alpha value is -2.23. The van der Waals surface area contributed by atoms with E-state index in [-0.39, 0.29) is 11.3 Å². The van der Waals surface area contributed by atoms with Crippen molar-refractivity contribution >= 4 is 5.91 Å². The maximum Gasteiger partial charge on any atom is 0.230 e. The molecule has 104 valence electrons. The summed E-state index contributed by atoms with van der Waals surface area (Å²) in [5, 5.41) is 3.01. The van der Waals surface area contributed by atoms with Crippen molar-refractivity contribution in [2.75, 3.05) is 7.11 Å². The van der Waals surface area contributed by atoms with E-state index < -0.39 is 0 Å². The van der Waals surface area contributed by atoms with E-state index in [1.165, 1.54) is 0 Å². The third kappa shape index (κ3) is 2.29. The van der Waals surface area contributed by atoms with Crippen LogP contribution in [-0.2, 0) is 16.8 Å². The van der Waals surface area contributed by atoms with Crippen LogP contribution in [0.5, 0.6) is 5.75 Å². The Balaban J connectivity index is 1.69. The topological polar surface area (TPSA) is 54.1 Å². The molecule has 1 fully saturated rings. The molecule has 0 atom stereocenters.